The monoisotopic (exact) mass is 352 g/mol. The Morgan fingerprint density at radius 3 is 1.88 bits per heavy atom. The topological polar surface area (TPSA) is 41.1 Å². The van der Waals surface area contributed by atoms with Crippen LogP contribution >= 0.6 is 0 Å². The summed E-state index contributed by atoms with van der Waals surface area (Å²) in [5, 5.41) is 6.06. The maximum atomic E-state index is 11.6. The molecule has 3 heteroatoms. The van der Waals surface area contributed by atoms with Crippen molar-refractivity contribution in [1.82, 2.24) is 10.6 Å². The predicted octanol–water partition coefficient (Wildman–Crippen LogP) is 5.75. The first-order valence-electron chi connectivity index (χ1n) is 10.9. The van der Waals surface area contributed by atoms with E-state index < -0.39 is 0 Å². The number of allylic oxidation sites excluding steroid dienone is 2. The zero-order chi connectivity index (χ0) is 18.4. The molecule has 0 aliphatic rings. The van der Waals surface area contributed by atoms with Crippen LogP contribution in [0, 0.1) is 0 Å². The van der Waals surface area contributed by atoms with Gasteiger partial charge in [-0.1, -0.05) is 70.4 Å². The summed E-state index contributed by atoms with van der Waals surface area (Å²) in [4.78, 5) is 11.6. The van der Waals surface area contributed by atoms with E-state index in [4.69, 9.17) is 0 Å². The van der Waals surface area contributed by atoms with Crippen LogP contribution in [0.2, 0.25) is 0 Å². The molecule has 1 amide bonds. The van der Waals surface area contributed by atoms with Crippen molar-refractivity contribution in [3.8, 4) is 0 Å². The largest absolute Gasteiger partial charge is 0.356 e. The molecule has 0 heterocycles. The standard InChI is InChI=1S/C22H44N2O/c1-3-4-5-6-7-8-9-10-11-12-13-14-15-16-17-19-22(25)24-21-18-20-23-2/h10-11,23H,3-9,12-21H2,1-2H3,(H,24,25). The lowest BCUT2D eigenvalue weighted by Gasteiger charge is -2.05. The van der Waals surface area contributed by atoms with Crippen molar-refractivity contribution in [3.63, 3.8) is 0 Å². The van der Waals surface area contributed by atoms with E-state index in [1.54, 1.807) is 0 Å². The Balaban J connectivity index is 3.17. The summed E-state index contributed by atoms with van der Waals surface area (Å²) in [6, 6.07) is 0. The van der Waals surface area contributed by atoms with E-state index in [0.29, 0.717) is 6.42 Å². The maximum absolute atomic E-state index is 11.6. The van der Waals surface area contributed by atoms with Gasteiger partial charge in [0, 0.05) is 13.0 Å². The van der Waals surface area contributed by atoms with Gasteiger partial charge in [0.2, 0.25) is 5.91 Å². The normalized spacial score (nSPS) is 11.3. The van der Waals surface area contributed by atoms with Gasteiger partial charge < -0.3 is 10.6 Å². The van der Waals surface area contributed by atoms with Crippen LogP contribution in [0.4, 0.5) is 0 Å². The van der Waals surface area contributed by atoms with Crippen molar-refractivity contribution in [2.75, 3.05) is 20.1 Å². The van der Waals surface area contributed by atoms with E-state index in [9.17, 15) is 4.79 Å². The molecule has 0 fully saturated rings. The minimum atomic E-state index is 0.216. The highest BCUT2D eigenvalue weighted by Crippen LogP contribution is 2.09. The first-order valence-corrected chi connectivity index (χ1v) is 10.9. The molecule has 0 aromatic heterocycles. The van der Waals surface area contributed by atoms with Crippen LogP contribution in [-0.4, -0.2) is 26.0 Å². The highest BCUT2D eigenvalue weighted by atomic mass is 16.1. The molecule has 0 unspecified atom stereocenters. The number of hydrogen-bond donors (Lipinski definition) is 2. The Labute approximate surface area is 157 Å². The van der Waals surface area contributed by atoms with Gasteiger partial charge in [0.25, 0.3) is 0 Å². The van der Waals surface area contributed by atoms with Crippen molar-refractivity contribution in [2.24, 2.45) is 0 Å². The zero-order valence-electron chi connectivity index (χ0n) is 17.1. The van der Waals surface area contributed by atoms with Crippen molar-refractivity contribution in [2.45, 2.75) is 103 Å². The molecule has 0 radical (unpaired) electrons. The average Bonchev–Trinajstić information content (AvgIpc) is 2.62. The van der Waals surface area contributed by atoms with Gasteiger partial charge in [0.05, 0.1) is 0 Å². The van der Waals surface area contributed by atoms with Crippen LogP contribution in [0.25, 0.3) is 0 Å². The molecule has 2 N–H and O–H groups in total. The van der Waals surface area contributed by atoms with Gasteiger partial charge in [-0.05, 0) is 52.1 Å². The Morgan fingerprint density at radius 1 is 0.720 bits per heavy atom. The highest BCUT2D eigenvalue weighted by Gasteiger charge is 1.99. The van der Waals surface area contributed by atoms with Crippen molar-refractivity contribution >= 4 is 5.91 Å². The van der Waals surface area contributed by atoms with Crippen LogP contribution in [0.3, 0.4) is 0 Å². The Bertz CT molecular complexity index is 302. The number of carbonyl (C=O) groups is 1. The molecule has 148 valence electrons. The Morgan fingerprint density at radius 2 is 1.28 bits per heavy atom. The van der Waals surface area contributed by atoms with Gasteiger partial charge >= 0.3 is 0 Å². The Hall–Kier alpha value is -0.830. The van der Waals surface area contributed by atoms with E-state index in [-0.39, 0.29) is 5.91 Å². The Kier molecular flexibility index (Phi) is 20.5. The minimum absolute atomic E-state index is 0.216. The molecule has 0 rings (SSSR count). The summed E-state index contributed by atoms with van der Waals surface area (Å²) in [5.41, 5.74) is 0. The van der Waals surface area contributed by atoms with E-state index in [1.165, 1.54) is 77.0 Å². The molecule has 0 aliphatic carbocycles. The van der Waals surface area contributed by atoms with E-state index in [0.717, 1.165) is 25.9 Å². The van der Waals surface area contributed by atoms with Gasteiger partial charge in [-0.3, -0.25) is 4.79 Å². The quantitative estimate of drug-likeness (QED) is 0.229. The first-order chi connectivity index (χ1) is 12.3. The second kappa shape index (κ2) is 21.2. The van der Waals surface area contributed by atoms with Gasteiger partial charge in [0.15, 0.2) is 0 Å². The molecule has 25 heavy (non-hydrogen) atoms. The maximum Gasteiger partial charge on any atom is 0.219 e. The lowest BCUT2D eigenvalue weighted by atomic mass is 10.1. The third-order valence-electron chi connectivity index (χ3n) is 4.59. The fourth-order valence-corrected chi connectivity index (χ4v) is 2.94. The van der Waals surface area contributed by atoms with Crippen LogP contribution < -0.4 is 10.6 Å². The molecule has 0 saturated heterocycles. The van der Waals surface area contributed by atoms with E-state index in [1.807, 2.05) is 7.05 Å². The SMILES string of the molecule is CCCCCCCCC=CCCCCCCCC(=O)NCCCNC. The number of unbranched alkanes of at least 4 members (excludes halogenated alkanes) is 11. The molecule has 0 spiro atoms. The molecule has 0 aromatic rings. The van der Waals surface area contributed by atoms with Crippen LogP contribution in [0.5, 0.6) is 0 Å². The molecular formula is C22H44N2O. The van der Waals surface area contributed by atoms with E-state index >= 15 is 0 Å². The minimum Gasteiger partial charge on any atom is -0.356 e. The summed E-state index contributed by atoms with van der Waals surface area (Å²) in [7, 11) is 1.94. The molecule has 0 saturated carbocycles. The van der Waals surface area contributed by atoms with Crippen LogP contribution in [0.15, 0.2) is 12.2 Å². The van der Waals surface area contributed by atoms with Crippen LogP contribution in [-0.2, 0) is 4.79 Å². The number of nitrogens with one attached hydrogen (secondary N) is 2. The van der Waals surface area contributed by atoms with Gasteiger partial charge in [-0.15, -0.1) is 0 Å². The van der Waals surface area contributed by atoms with Gasteiger partial charge in [0.1, 0.15) is 0 Å². The van der Waals surface area contributed by atoms with Crippen molar-refractivity contribution in [1.29, 1.82) is 0 Å². The highest BCUT2D eigenvalue weighted by molar-refractivity contribution is 5.75. The third kappa shape index (κ3) is 21.1. The third-order valence-corrected chi connectivity index (χ3v) is 4.59. The van der Waals surface area contributed by atoms with Gasteiger partial charge in [-0.25, -0.2) is 0 Å². The summed E-state index contributed by atoms with van der Waals surface area (Å²) in [5.74, 6) is 0.216. The molecule has 0 aromatic carbocycles. The van der Waals surface area contributed by atoms with Crippen molar-refractivity contribution in [3.05, 3.63) is 12.2 Å². The molecule has 0 aliphatic heterocycles. The number of hydrogen-bond acceptors (Lipinski definition) is 2. The summed E-state index contributed by atoms with van der Waals surface area (Å²) >= 11 is 0. The summed E-state index contributed by atoms with van der Waals surface area (Å²) in [6.45, 7) is 4.03. The van der Waals surface area contributed by atoms with Crippen molar-refractivity contribution < 1.29 is 4.79 Å². The predicted molar refractivity (Wildman–Crippen MR) is 111 cm³/mol. The second-order valence-corrected chi connectivity index (χ2v) is 7.14. The van der Waals surface area contributed by atoms with E-state index in [2.05, 4.69) is 29.7 Å². The molecule has 0 atom stereocenters. The number of rotatable bonds is 19. The fraction of sp³-hybridized carbons (Fsp3) is 0.864. The zero-order valence-corrected chi connectivity index (χ0v) is 17.1. The second-order valence-electron chi connectivity index (χ2n) is 7.14. The molecule has 0 bridgehead atoms. The lowest BCUT2D eigenvalue weighted by molar-refractivity contribution is -0.121. The summed E-state index contributed by atoms with van der Waals surface area (Å²) in [6.07, 6.45) is 23.3. The fourth-order valence-electron chi connectivity index (χ4n) is 2.94. The smallest absolute Gasteiger partial charge is 0.219 e. The number of carbonyl (C=O) groups excluding carboxylic acids is 1. The average molecular weight is 353 g/mol. The lowest BCUT2D eigenvalue weighted by Crippen LogP contribution is -2.26. The first kappa shape index (κ1) is 24.2. The van der Waals surface area contributed by atoms with Crippen LogP contribution in [0.1, 0.15) is 103 Å². The molecular weight excluding hydrogens is 308 g/mol. The number of amides is 1. The van der Waals surface area contributed by atoms with Gasteiger partial charge in [-0.2, -0.15) is 0 Å². The molecule has 3 nitrogen and oxygen atoms in total. The summed E-state index contributed by atoms with van der Waals surface area (Å²) < 4.78 is 0.